The lowest BCUT2D eigenvalue weighted by molar-refractivity contribution is 0.259. The zero-order valence-corrected chi connectivity index (χ0v) is 19.7. The second kappa shape index (κ2) is 9.66. The maximum absolute atomic E-state index is 14.5. The zero-order valence-electron chi connectivity index (χ0n) is 18.9. The van der Waals surface area contributed by atoms with Gasteiger partial charge >= 0.3 is 0 Å². The summed E-state index contributed by atoms with van der Waals surface area (Å²) in [5, 5.41) is 6.47. The molecule has 9 nitrogen and oxygen atoms in total. The summed E-state index contributed by atoms with van der Waals surface area (Å²) >= 11 is 0. The molecule has 3 N–H and O–H groups in total. The van der Waals surface area contributed by atoms with Crippen molar-refractivity contribution in [2.45, 2.75) is 64.3 Å². The van der Waals surface area contributed by atoms with E-state index >= 15 is 0 Å². The van der Waals surface area contributed by atoms with Crippen molar-refractivity contribution in [1.29, 1.82) is 0 Å². The zero-order chi connectivity index (χ0) is 22.8. The van der Waals surface area contributed by atoms with Gasteiger partial charge in [0, 0.05) is 30.9 Å². The highest BCUT2D eigenvalue weighted by Crippen LogP contribution is 2.29. The molecule has 1 saturated carbocycles. The van der Waals surface area contributed by atoms with Crippen molar-refractivity contribution in [3.8, 4) is 0 Å². The number of halogens is 1. The van der Waals surface area contributed by atoms with Crippen LogP contribution in [0.3, 0.4) is 0 Å². The van der Waals surface area contributed by atoms with Crippen LogP contribution in [0, 0.1) is 5.82 Å². The Balaban J connectivity index is 1.64. The molecule has 11 heteroatoms. The molecule has 2 heterocycles. The van der Waals surface area contributed by atoms with E-state index in [-0.39, 0.29) is 35.7 Å². The van der Waals surface area contributed by atoms with Crippen LogP contribution in [0.4, 0.5) is 10.3 Å². The lowest BCUT2D eigenvalue weighted by atomic mass is 10.2. The van der Waals surface area contributed by atoms with Gasteiger partial charge in [-0.15, -0.1) is 0 Å². The first kappa shape index (κ1) is 23.7. The number of hydrogen-bond donors (Lipinski definition) is 3. The highest BCUT2D eigenvalue weighted by Gasteiger charge is 2.31. The van der Waals surface area contributed by atoms with Crippen molar-refractivity contribution in [3.05, 3.63) is 23.9 Å². The summed E-state index contributed by atoms with van der Waals surface area (Å²) < 4.78 is 41.9. The maximum atomic E-state index is 14.5. The lowest BCUT2D eigenvalue weighted by Crippen LogP contribution is -2.38. The number of hydrogen-bond acceptors (Lipinski definition) is 8. The molecule has 0 saturated heterocycles. The Hall–Kier alpha value is -1.98. The van der Waals surface area contributed by atoms with Crippen LogP contribution < -0.4 is 15.4 Å². The van der Waals surface area contributed by atoms with Gasteiger partial charge in [-0.1, -0.05) is 0 Å². The van der Waals surface area contributed by atoms with Gasteiger partial charge in [0.15, 0.2) is 5.82 Å². The molecule has 1 aliphatic carbocycles. The number of nitrogens with zero attached hydrogens (tertiary/aromatic N) is 4. The smallest absolute Gasteiger partial charge is 0.223 e. The SMILES string of the molecule is CC(C)N1C(c2nc(N[C@H]3CC[C@@H](NS(=O)(=O)CCN(C)C)C3)ncc2F)=CNC1C. The van der Waals surface area contributed by atoms with Crippen LogP contribution in [0.2, 0.25) is 0 Å². The molecular weight excluding hydrogens is 421 g/mol. The van der Waals surface area contributed by atoms with Crippen molar-refractivity contribution >= 4 is 21.7 Å². The van der Waals surface area contributed by atoms with Gasteiger partial charge in [-0.2, -0.15) is 0 Å². The van der Waals surface area contributed by atoms with Gasteiger partial charge in [-0.25, -0.2) is 27.5 Å². The Morgan fingerprint density at radius 2 is 2.03 bits per heavy atom. The van der Waals surface area contributed by atoms with Crippen molar-refractivity contribution < 1.29 is 12.8 Å². The Kier molecular flexibility index (Phi) is 7.38. The van der Waals surface area contributed by atoms with Gasteiger partial charge in [0.2, 0.25) is 16.0 Å². The Morgan fingerprint density at radius 1 is 1.32 bits per heavy atom. The van der Waals surface area contributed by atoms with Crippen LogP contribution in [0.1, 0.15) is 45.7 Å². The summed E-state index contributed by atoms with van der Waals surface area (Å²) in [5.41, 5.74) is 0.949. The molecule has 174 valence electrons. The fourth-order valence-corrected chi connectivity index (χ4v) is 5.56. The van der Waals surface area contributed by atoms with E-state index in [1.54, 1.807) is 6.20 Å². The molecule has 0 bridgehead atoms. The monoisotopic (exact) mass is 455 g/mol. The fraction of sp³-hybridized carbons (Fsp3) is 0.700. The van der Waals surface area contributed by atoms with Crippen molar-refractivity contribution in [1.82, 2.24) is 29.8 Å². The minimum Gasteiger partial charge on any atom is -0.370 e. The standard InChI is InChI=1S/C20H34FN7O2S/c1-13(2)28-14(3)22-12-18(28)19-17(21)11-23-20(25-19)24-15-6-7-16(10-15)26-31(29,30)9-8-27(4)5/h11-16,22,26H,6-10H2,1-5H3,(H,23,24,25)/t14?,15-,16+/m0/s1. The van der Waals surface area contributed by atoms with E-state index in [0.717, 1.165) is 12.8 Å². The van der Waals surface area contributed by atoms with Crippen LogP contribution in [-0.2, 0) is 10.0 Å². The van der Waals surface area contributed by atoms with Crippen LogP contribution >= 0.6 is 0 Å². The Bertz CT molecular complexity index is 907. The molecule has 1 fully saturated rings. The van der Waals surface area contributed by atoms with Crippen LogP contribution in [0.5, 0.6) is 0 Å². The third kappa shape index (κ3) is 6.05. The molecule has 1 aliphatic heterocycles. The Labute approximate surface area is 184 Å². The average Bonchev–Trinajstić information content (AvgIpc) is 3.27. The van der Waals surface area contributed by atoms with Gasteiger partial charge in [-0.05, 0) is 54.1 Å². The predicted octanol–water partition coefficient (Wildman–Crippen LogP) is 1.39. The third-order valence-electron chi connectivity index (χ3n) is 5.62. The number of aromatic nitrogens is 2. The summed E-state index contributed by atoms with van der Waals surface area (Å²) in [5.74, 6) is -0.0505. The minimum absolute atomic E-state index is 0.0238. The number of sulfonamides is 1. The van der Waals surface area contributed by atoms with Gasteiger partial charge < -0.3 is 20.4 Å². The van der Waals surface area contributed by atoms with Crippen molar-refractivity contribution in [2.24, 2.45) is 0 Å². The van der Waals surface area contributed by atoms with E-state index in [4.69, 9.17) is 0 Å². The average molecular weight is 456 g/mol. The first-order chi connectivity index (χ1) is 14.6. The van der Waals surface area contributed by atoms with Crippen LogP contribution in [-0.4, -0.2) is 78.9 Å². The van der Waals surface area contributed by atoms with Crippen LogP contribution in [0.25, 0.3) is 5.70 Å². The van der Waals surface area contributed by atoms with Crippen molar-refractivity contribution in [3.63, 3.8) is 0 Å². The molecule has 1 aromatic heterocycles. The molecule has 3 atom stereocenters. The molecule has 1 unspecified atom stereocenters. The van der Waals surface area contributed by atoms with E-state index in [9.17, 15) is 12.8 Å². The Morgan fingerprint density at radius 3 is 2.71 bits per heavy atom. The van der Waals surface area contributed by atoms with Gasteiger partial charge in [0.1, 0.15) is 5.69 Å². The molecular formula is C20H34FN7O2S. The topological polar surface area (TPSA) is 102 Å². The molecule has 2 aliphatic rings. The molecule has 0 amide bonds. The lowest BCUT2D eigenvalue weighted by Gasteiger charge is -2.30. The van der Waals surface area contributed by atoms with E-state index in [0.29, 0.717) is 24.6 Å². The summed E-state index contributed by atoms with van der Waals surface area (Å²) in [7, 11) is 0.376. The molecule has 0 radical (unpaired) electrons. The summed E-state index contributed by atoms with van der Waals surface area (Å²) in [6.07, 6.45) is 5.18. The number of anilines is 1. The van der Waals surface area contributed by atoms with Gasteiger partial charge in [-0.3, -0.25) is 0 Å². The first-order valence-corrected chi connectivity index (χ1v) is 12.4. The van der Waals surface area contributed by atoms with E-state index in [1.165, 1.54) is 6.20 Å². The largest absolute Gasteiger partial charge is 0.370 e. The fourth-order valence-electron chi connectivity index (χ4n) is 4.11. The molecule has 31 heavy (non-hydrogen) atoms. The predicted molar refractivity (Wildman–Crippen MR) is 120 cm³/mol. The first-order valence-electron chi connectivity index (χ1n) is 10.7. The summed E-state index contributed by atoms with van der Waals surface area (Å²) in [6, 6.07) is 0.0809. The van der Waals surface area contributed by atoms with E-state index in [1.807, 2.05) is 39.8 Å². The quantitative estimate of drug-likeness (QED) is 0.513. The van der Waals surface area contributed by atoms with Crippen molar-refractivity contribution in [2.75, 3.05) is 31.7 Å². The normalized spacial score (nSPS) is 24.1. The maximum Gasteiger partial charge on any atom is 0.223 e. The van der Waals surface area contributed by atoms with Gasteiger partial charge in [0.05, 0.1) is 23.8 Å². The van der Waals surface area contributed by atoms with E-state index in [2.05, 4.69) is 30.2 Å². The van der Waals surface area contributed by atoms with E-state index < -0.39 is 15.8 Å². The molecule has 0 spiro atoms. The molecule has 0 aromatic carbocycles. The highest BCUT2D eigenvalue weighted by atomic mass is 32.2. The summed E-state index contributed by atoms with van der Waals surface area (Å²) in [4.78, 5) is 12.5. The minimum atomic E-state index is -3.32. The highest BCUT2D eigenvalue weighted by molar-refractivity contribution is 7.89. The van der Waals surface area contributed by atoms with Gasteiger partial charge in [0.25, 0.3) is 0 Å². The second-order valence-corrected chi connectivity index (χ2v) is 10.7. The third-order valence-corrected chi connectivity index (χ3v) is 7.03. The number of rotatable bonds is 9. The van der Waals surface area contributed by atoms with Crippen LogP contribution in [0.15, 0.2) is 12.4 Å². The number of nitrogens with one attached hydrogen (secondary N) is 3. The summed E-state index contributed by atoms with van der Waals surface area (Å²) in [6.45, 7) is 6.59. The molecule has 3 rings (SSSR count). The molecule has 1 aromatic rings. The second-order valence-electron chi connectivity index (χ2n) is 8.85.